The van der Waals surface area contributed by atoms with Gasteiger partial charge in [0.2, 0.25) is 5.91 Å². The molecule has 2 aromatic heterocycles. The highest BCUT2D eigenvalue weighted by Crippen LogP contribution is 2.22. The summed E-state index contributed by atoms with van der Waals surface area (Å²) in [6, 6.07) is 7.22. The third kappa shape index (κ3) is 4.20. The van der Waals surface area contributed by atoms with Gasteiger partial charge in [-0.15, -0.1) is 5.10 Å². The Hall–Kier alpha value is -3.20. The Bertz CT molecular complexity index is 1050. The van der Waals surface area contributed by atoms with Gasteiger partial charge in [-0.25, -0.2) is 4.68 Å². The Labute approximate surface area is 178 Å². The number of carbonyl (C=O) groups excluding carboxylic acids is 2. The highest BCUT2D eigenvalue weighted by Gasteiger charge is 2.29. The molecule has 1 N–H and O–H groups in total. The number of halogens is 1. The fourth-order valence-corrected chi connectivity index (χ4v) is 3.69. The molecule has 0 aliphatic carbocycles. The van der Waals surface area contributed by atoms with Crippen LogP contribution in [-0.4, -0.2) is 54.6 Å². The molecule has 4 rings (SSSR count). The number of aryl methyl sites for hydroxylation is 1. The van der Waals surface area contributed by atoms with Gasteiger partial charge in [0.15, 0.2) is 5.69 Å². The molecule has 0 saturated carbocycles. The Kier molecular flexibility index (Phi) is 5.80. The molecule has 30 heavy (non-hydrogen) atoms. The molecule has 0 radical (unpaired) electrons. The van der Waals surface area contributed by atoms with E-state index in [0.717, 1.165) is 6.54 Å². The number of piperidine rings is 1. The molecular formula is C20H22ClN7O2. The standard InChI is InChI=1S/C20H22ClN7O2/c1-2-27-12-15(11-22-27)23-19(29)14-7-9-26(10-8-14)20(30)17-13-28(25-24-17)18-6-4-3-5-16(18)21/h3-6,11-14H,2,7-10H2,1H3,(H,23,29). The van der Waals surface area contributed by atoms with Gasteiger partial charge in [-0.05, 0) is 31.9 Å². The number of benzene rings is 1. The zero-order chi connectivity index (χ0) is 21.1. The minimum absolute atomic E-state index is 0.0394. The lowest BCUT2D eigenvalue weighted by atomic mass is 9.95. The first-order chi connectivity index (χ1) is 14.5. The zero-order valence-electron chi connectivity index (χ0n) is 16.5. The summed E-state index contributed by atoms with van der Waals surface area (Å²) in [5, 5.41) is 15.6. The molecule has 0 atom stereocenters. The lowest BCUT2D eigenvalue weighted by Gasteiger charge is -2.30. The molecule has 1 aliphatic heterocycles. The van der Waals surface area contributed by atoms with Gasteiger partial charge in [0.25, 0.3) is 5.91 Å². The van der Waals surface area contributed by atoms with Crippen LogP contribution in [0.1, 0.15) is 30.3 Å². The summed E-state index contributed by atoms with van der Waals surface area (Å²) in [6.07, 6.45) is 6.21. The van der Waals surface area contributed by atoms with Crippen molar-refractivity contribution in [2.24, 2.45) is 5.92 Å². The normalized spacial score (nSPS) is 14.7. The highest BCUT2D eigenvalue weighted by atomic mass is 35.5. The minimum Gasteiger partial charge on any atom is -0.337 e. The van der Waals surface area contributed by atoms with Gasteiger partial charge in [0, 0.05) is 31.7 Å². The van der Waals surface area contributed by atoms with E-state index in [1.54, 1.807) is 40.3 Å². The predicted molar refractivity (Wildman–Crippen MR) is 112 cm³/mol. The first-order valence-corrected chi connectivity index (χ1v) is 10.2. The number of likely N-dealkylation sites (tertiary alicyclic amines) is 1. The van der Waals surface area contributed by atoms with Crippen molar-refractivity contribution < 1.29 is 9.59 Å². The van der Waals surface area contributed by atoms with Gasteiger partial charge in [0.1, 0.15) is 0 Å². The van der Waals surface area contributed by atoms with E-state index in [-0.39, 0.29) is 23.4 Å². The second kappa shape index (κ2) is 8.66. The number of hydrogen-bond donors (Lipinski definition) is 1. The maximum absolute atomic E-state index is 12.8. The van der Waals surface area contributed by atoms with Gasteiger partial charge in [0.05, 0.1) is 28.8 Å². The van der Waals surface area contributed by atoms with Gasteiger partial charge in [-0.2, -0.15) is 5.10 Å². The third-order valence-electron chi connectivity index (χ3n) is 5.19. The van der Waals surface area contributed by atoms with Gasteiger partial charge < -0.3 is 10.2 Å². The summed E-state index contributed by atoms with van der Waals surface area (Å²) in [6.45, 7) is 3.71. The van der Waals surface area contributed by atoms with Crippen molar-refractivity contribution in [1.82, 2.24) is 29.7 Å². The molecule has 1 fully saturated rings. The highest BCUT2D eigenvalue weighted by molar-refractivity contribution is 6.32. The fraction of sp³-hybridized carbons (Fsp3) is 0.350. The molecule has 9 nitrogen and oxygen atoms in total. The van der Waals surface area contributed by atoms with Crippen molar-refractivity contribution >= 4 is 29.1 Å². The van der Waals surface area contributed by atoms with E-state index in [1.165, 1.54) is 4.68 Å². The summed E-state index contributed by atoms with van der Waals surface area (Å²) >= 11 is 6.18. The van der Waals surface area contributed by atoms with Crippen LogP contribution in [0.15, 0.2) is 42.9 Å². The SMILES string of the molecule is CCn1cc(NC(=O)C2CCN(C(=O)c3cn(-c4ccccc4Cl)nn3)CC2)cn1. The van der Waals surface area contributed by atoms with Gasteiger partial charge in [-0.3, -0.25) is 14.3 Å². The molecule has 0 bridgehead atoms. The molecule has 0 spiro atoms. The number of nitrogens with zero attached hydrogens (tertiary/aromatic N) is 6. The van der Waals surface area contributed by atoms with Crippen molar-refractivity contribution in [1.29, 1.82) is 0 Å². The quantitative estimate of drug-likeness (QED) is 0.675. The number of carbonyl (C=O) groups is 2. The molecule has 2 amide bonds. The topological polar surface area (TPSA) is 97.9 Å². The lowest BCUT2D eigenvalue weighted by molar-refractivity contribution is -0.121. The predicted octanol–water partition coefficient (Wildman–Crippen LogP) is 2.63. The van der Waals surface area contributed by atoms with E-state index in [1.807, 2.05) is 19.1 Å². The van der Waals surface area contributed by atoms with Crippen LogP contribution in [0.25, 0.3) is 5.69 Å². The summed E-state index contributed by atoms with van der Waals surface area (Å²) in [7, 11) is 0. The first kappa shape index (κ1) is 20.1. The van der Waals surface area contributed by atoms with Crippen LogP contribution in [0.3, 0.4) is 0 Å². The lowest BCUT2D eigenvalue weighted by Crippen LogP contribution is -2.41. The third-order valence-corrected chi connectivity index (χ3v) is 5.51. The summed E-state index contributed by atoms with van der Waals surface area (Å²) in [5.41, 5.74) is 1.61. The largest absolute Gasteiger partial charge is 0.337 e. The Morgan fingerprint density at radius 1 is 1.20 bits per heavy atom. The minimum atomic E-state index is -0.198. The average Bonchev–Trinajstić information content (AvgIpc) is 3.43. The van der Waals surface area contributed by atoms with Gasteiger partial charge >= 0.3 is 0 Å². The monoisotopic (exact) mass is 427 g/mol. The van der Waals surface area contributed by atoms with Crippen LogP contribution in [0, 0.1) is 5.92 Å². The van der Waals surface area contributed by atoms with E-state index in [0.29, 0.717) is 42.3 Å². The van der Waals surface area contributed by atoms with Crippen LogP contribution >= 0.6 is 11.6 Å². The van der Waals surface area contributed by atoms with Crippen LogP contribution < -0.4 is 5.32 Å². The molecule has 1 aliphatic rings. The average molecular weight is 428 g/mol. The van der Waals surface area contributed by atoms with Crippen molar-refractivity contribution in [3.8, 4) is 5.69 Å². The second-order valence-corrected chi connectivity index (χ2v) is 7.55. The van der Waals surface area contributed by atoms with Crippen molar-refractivity contribution in [2.75, 3.05) is 18.4 Å². The molecule has 10 heteroatoms. The molecule has 1 saturated heterocycles. The van der Waals surface area contributed by atoms with Crippen LogP contribution in [0.4, 0.5) is 5.69 Å². The second-order valence-electron chi connectivity index (χ2n) is 7.14. The number of rotatable bonds is 5. The number of para-hydroxylation sites is 1. The maximum Gasteiger partial charge on any atom is 0.276 e. The summed E-state index contributed by atoms with van der Waals surface area (Å²) in [4.78, 5) is 27.0. The first-order valence-electron chi connectivity index (χ1n) is 9.85. The van der Waals surface area contributed by atoms with Crippen LogP contribution in [0.5, 0.6) is 0 Å². The van der Waals surface area contributed by atoms with E-state index in [2.05, 4.69) is 20.7 Å². The Balaban J connectivity index is 1.34. The fourth-order valence-electron chi connectivity index (χ4n) is 3.47. The zero-order valence-corrected chi connectivity index (χ0v) is 17.3. The van der Waals surface area contributed by atoms with E-state index < -0.39 is 0 Å². The Morgan fingerprint density at radius 2 is 1.97 bits per heavy atom. The number of aromatic nitrogens is 5. The molecule has 156 valence electrons. The van der Waals surface area contributed by atoms with Crippen LogP contribution in [0.2, 0.25) is 5.02 Å². The molecule has 3 heterocycles. The van der Waals surface area contributed by atoms with Crippen molar-refractivity contribution in [3.05, 3.63) is 53.6 Å². The smallest absolute Gasteiger partial charge is 0.276 e. The maximum atomic E-state index is 12.8. The van der Waals surface area contributed by atoms with E-state index >= 15 is 0 Å². The molecule has 3 aromatic rings. The van der Waals surface area contributed by atoms with Crippen molar-refractivity contribution in [3.63, 3.8) is 0 Å². The van der Waals surface area contributed by atoms with E-state index in [9.17, 15) is 9.59 Å². The van der Waals surface area contributed by atoms with Gasteiger partial charge in [-0.1, -0.05) is 28.9 Å². The summed E-state index contributed by atoms with van der Waals surface area (Å²) < 4.78 is 3.25. The summed E-state index contributed by atoms with van der Waals surface area (Å²) in [5.74, 6) is -0.378. The number of anilines is 1. The number of hydrogen-bond acceptors (Lipinski definition) is 5. The van der Waals surface area contributed by atoms with E-state index in [4.69, 9.17) is 11.6 Å². The Morgan fingerprint density at radius 3 is 2.67 bits per heavy atom. The number of nitrogens with one attached hydrogen (secondary N) is 1. The molecular weight excluding hydrogens is 406 g/mol. The van der Waals surface area contributed by atoms with Crippen LogP contribution in [-0.2, 0) is 11.3 Å². The molecule has 0 unspecified atom stereocenters. The molecule has 1 aromatic carbocycles. The van der Waals surface area contributed by atoms with Crippen molar-refractivity contribution in [2.45, 2.75) is 26.3 Å². The number of amides is 2.